The van der Waals surface area contributed by atoms with Gasteiger partial charge in [0.15, 0.2) is 11.6 Å². The van der Waals surface area contributed by atoms with Crippen LogP contribution in [0.25, 0.3) is 0 Å². The largest absolute Gasteiger partial charge is 0.464 e. The van der Waals surface area contributed by atoms with Crippen molar-refractivity contribution in [3.05, 3.63) is 35.4 Å². The Kier molecular flexibility index (Phi) is 6.99. The third kappa shape index (κ3) is 6.26. The zero-order chi connectivity index (χ0) is 14.1. The summed E-state index contributed by atoms with van der Waals surface area (Å²) in [4.78, 5) is 10.9. The van der Waals surface area contributed by atoms with Crippen LogP contribution in [0.5, 0.6) is 0 Å². The first-order valence-corrected chi connectivity index (χ1v) is 6.01. The molecule has 106 valence electrons. The van der Waals surface area contributed by atoms with Gasteiger partial charge in [-0.05, 0) is 24.6 Å². The Bertz CT molecular complexity index is 413. The number of halogens is 2. The maximum Gasteiger partial charge on any atom is 0.332 e. The van der Waals surface area contributed by atoms with Crippen molar-refractivity contribution >= 4 is 5.97 Å². The second kappa shape index (κ2) is 8.55. The topological polar surface area (TPSA) is 47.6 Å². The van der Waals surface area contributed by atoms with Gasteiger partial charge in [-0.3, -0.25) is 0 Å². The van der Waals surface area contributed by atoms with Gasteiger partial charge in [-0.15, -0.1) is 0 Å². The molecule has 1 aromatic rings. The van der Waals surface area contributed by atoms with E-state index in [4.69, 9.17) is 4.74 Å². The number of rotatable bonds is 8. The molecular formula is C13H17F2NO3. The summed E-state index contributed by atoms with van der Waals surface area (Å²) in [6.07, 6.45) is 0. The summed E-state index contributed by atoms with van der Waals surface area (Å²) in [5, 5.41) is 2.99. The van der Waals surface area contributed by atoms with E-state index in [0.29, 0.717) is 31.9 Å². The normalized spacial score (nSPS) is 10.5. The molecule has 0 spiro atoms. The summed E-state index contributed by atoms with van der Waals surface area (Å²) in [5.41, 5.74) is 0.643. The van der Waals surface area contributed by atoms with Gasteiger partial charge in [0, 0.05) is 13.1 Å². The number of nitrogens with one attached hydrogen (secondary N) is 1. The SMILES string of the molecule is CCOC(=O)COCCNCc1ccc(F)c(F)c1. The molecule has 6 heteroatoms. The minimum absolute atomic E-state index is 0.0826. The molecule has 0 aliphatic rings. The van der Waals surface area contributed by atoms with Crippen molar-refractivity contribution < 1.29 is 23.0 Å². The van der Waals surface area contributed by atoms with Crippen LogP contribution in [0.3, 0.4) is 0 Å². The van der Waals surface area contributed by atoms with E-state index in [1.165, 1.54) is 6.07 Å². The smallest absolute Gasteiger partial charge is 0.332 e. The summed E-state index contributed by atoms with van der Waals surface area (Å²) in [6.45, 7) is 3.21. The Morgan fingerprint density at radius 3 is 2.79 bits per heavy atom. The van der Waals surface area contributed by atoms with E-state index in [-0.39, 0.29) is 6.61 Å². The molecule has 1 aromatic carbocycles. The first kappa shape index (κ1) is 15.5. The van der Waals surface area contributed by atoms with Gasteiger partial charge in [-0.1, -0.05) is 6.07 Å². The highest BCUT2D eigenvalue weighted by Crippen LogP contribution is 2.08. The van der Waals surface area contributed by atoms with E-state index in [9.17, 15) is 13.6 Å². The van der Waals surface area contributed by atoms with Crippen LogP contribution in [0.1, 0.15) is 12.5 Å². The van der Waals surface area contributed by atoms with Gasteiger partial charge in [0.05, 0.1) is 13.2 Å². The van der Waals surface area contributed by atoms with Crippen LogP contribution in [0, 0.1) is 11.6 Å². The summed E-state index contributed by atoms with van der Waals surface area (Å²) < 4.78 is 35.3. The minimum atomic E-state index is -0.863. The molecule has 0 heterocycles. The highest BCUT2D eigenvalue weighted by atomic mass is 19.2. The number of carbonyl (C=O) groups is 1. The zero-order valence-electron chi connectivity index (χ0n) is 10.7. The lowest BCUT2D eigenvalue weighted by Gasteiger charge is -2.06. The molecule has 0 aromatic heterocycles. The van der Waals surface area contributed by atoms with Crippen LogP contribution >= 0.6 is 0 Å². The first-order chi connectivity index (χ1) is 9.13. The summed E-state index contributed by atoms with van der Waals surface area (Å²) in [5.74, 6) is -2.12. The lowest BCUT2D eigenvalue weighted by Crippen LogP contribution is -2.21. The fourth-order valence-electron chi connectivity index (χ4n) is 1.38. The third-order valence-corrected chi connectivity index (χ3v) is 2.26. The quantitative estimate of drug-likeness (QED) is 0.578. The molecule has 1 N–H and O–H groups in total. The highest BCUT2D eigenvalue weighted by Gasteiger charge is 2.03. The molecule has 0 saturated carbocycles. The summed E-state index contributed by atoms with van der Waals surface area (Å²) in [6, 6.07) is 3.73. The fraction of sp³-hybridized carbons (Fsp3) is 0.462. The van der Waals surface area contributed by atoms with E-state index in [2.05, 4.69) is 10.1 Å². The van der Waals surface area contributed by atoms with Crippen molar-refractivity contribution in [2.24, 2.45) is 0 Å². The van der Waals surface area contributed by atoms with Gasteiger partial charge < -0.3 is 14.8 Å². The maximum atomic E-state index is 12.9. The second-order valence-corrected chi connectivity index (χ2v) is 3.78. The molecular weight excluding hydrogens is 256 g/mol. The van der Waals surface area contributed by atoms with E-state index < -0.39 is 17.6 Å². The molecule has 1 rings (SSSR count). The van der Waals surface area contributed by atoms with Gasteiger partial charge in [-0.2, -0.15) is 0 Å². The standard InChI is InChI=1S/C13H17F2NO3/c1-2-19-13(17)9-18-6-5-16-8-10-3-4-11(14)12(15)7-10/h3-4,7,16H,2,5-6,8-9H2,1H3. The predicted octanol–water partition coefficient (Wildman–Crippen LogP) is 1.63. The van der Waals surface area contributed by atoms with Crippen molar-refractivity contribution in [2.45, 2.75) is 13.5 Å². The average Bonchev–Trinajstić information content (AvgIpc) is 2.38. The van der Waals surface area contributed by atoms with Gasteiger partial charge >= 0.3 is 5.97 Å². The number of carbonyl (C=O) groups excluding carboxylic acids is 1. The lowest BCUT2D eigenvalue weighted by molar-refractivity contribution is -0.148. The van der Waals surface area contributed by atoms with E-state index in [1.807, 2.05) is 0 Å². The summed E-state index contributed by atoms with van der Waals surface area (Å²) in [7, 11) is 0. The van der Waals surface area contributed by atoms with Crippen LogP contribution in [0.4, 0.5) is 8.78 Å². The van der Waals surface area contributed by atoms with Gasteiger partial charge in [0.2, 0.25) is 0 Å². The lowest BCUT2D eigenvalue weighted by atomic mass is 10.2. The predicted molar refractivity (Wildman–Crippen MR) is 65.5 cm³/mol. The van der Waals surface area contributed by atoms with Crippen molar-refractivity contribution in [1.29, 1.82) is 0 Å². The fourth-order valence-corrected chi connectivity index (χ4v) is 1.38. The number of esters is 1. The first-order valence-electron chi connectivity index (χ1n) is 6.01. The second-order valence-electron chi connectivity index (χ2n) is 3.78. The number of ether oxygens (including phenoxy) is 2. The minimum Gasteiger partial charge on any atom is -0.464 e. The van der Waals surface area contributed by atoms with Crippen molar-refractivity contribution in [1.82, 2.24) is 5.32 Å². The molecule has 0 atom stereocenters. The van der Waals surface area contributed by atoms with Crippen LogP contribution < -0.4 is 5.32 Å². The Hall–Kier alpha value is -1.53. The molecule has 0 unspecified atom stereocenters. The van der Waals surface area contributed by atoms with E-state index in [1.54, 1.807) is 6.92 Å². The van der Waals surface area contributed by atoms with Gasteiger partial charge in [0.1, 0.15) is 6.61 Å². The molecule has 19 heavy (non-hydrogen) atoms. The van der Waals surface area contributed by atoms with Gasteiger partial charge in [-0.25, -0.2) is 13.6 Å². The van der Waals surface area contributed by atoms with E-state index >= 15 is 0 Å². The molecule has 0 amide bonds. The average molecular weight is 273 g/mol. The molecule has 0 radical (unpaired) electrons. The third-order valence-electron chi connectivity index (χ3n) is 2.26. The molecule has 0 fully saturated rings. The Balaban J connectivity index is 2.10. The molecule has 0 aliphatic heterocycles. The number of benzene rings is 1. The molecule has 0 aliphatic carbocycles. The van der Waals surface area contributed by atoms with Crippen LogP contribution in [0.15, 0.2) is 18.2 Å². The molecule has 4 nitrogen and oxygen atoms in total. The van der Waals surface area contributed by atoms with Crippen LogP contribution in [-0.4, -0.2) is 32.3 Å². The molecule has 0 saturated heterocycles. The number of hydrogen-bond acceptors (Lipinski definition) is 4. The van der Waals surface area contributed by atoms with Crippen molar-refractivity contribution in [3.8, 4) is 0 Å². The highest BCUT2D eigenvalue weighted by molar-refractivity contribution is 5.70. The summed E-state index contributed by atoms with van der Waals surface area (Å²) >= 11 is 0. The molecule has 0 bridgehead atoms. The van der Waals surface area contributed by atoms with Crippen LogP contribution in [-0.2, 0) is 20.8 Å². The van der Waals surface area contributed by atoms with Gasteiger partial charge in [0.25, 0.3) is 0 Å². The van der Waals surface area contributed by atoms with Crippen molar-refractivity contribution in [3.63, 3.8) is 0 Å². The zero-order valence-corrected chi connectivity index (χ0v) is 10.7. The Morgan fingerprint density at radius 1 is 1.32 bits per heavy atom. The Labute approximate surface area is 110 Å². The van der Waals surface area contributed by atoms with Crippen LogP contribution in [0.2, 0.25) is 0 Å². The number of hydrogen-bond donors (Lipinski definition) is 1. The van der Waals surface area contributed by atoms with Crippen molar-refractivity contribution in [2.75, 3.05) is 26.4 Å². The maximum absolute atomic E-state index is 12.9. The monoisotopic (exact) mass is 273 g/mol. The van der Waals surface area contributed by atoms with E-state index in [0.717, 1.165) is 12.1 Å². The Morgan fingerprint density at radius 2 is 2.11 bits per heavy atom.